The van der Waals surface area contributed by atoms with Crippen molar-refractivity contribution in [2.75, 3.05) is 47.5 Å². The predicted octanol–water partition coefficient (Wildman–Crippen LogP) is 22.1. The number of hydrogen-bond acceptors (Lipinski definition) is 8. The summed E-state index contributed by atoms with van der Waals surface area (Å²) in [6, 6.07) is 0. The fourth-order valence-electron chi connectivity index (χ4n) is 8.71. The monoisotopic (exact) mass is 1240 g/mol. The van der Waals surface area contributed by atoms with Crippen LogP contribution in [0.5, 0.6) is 0 Å². The molecule has 0 spiro atoms. The molecule has 0 bridgehead atoms. The second kappa shape index (κ2) is 66.5. The zero-order valence-electron chi connectivity index (χ0n) is 56.3. The number of hydrogen-bond donors (Lipinski definition) is 0. The third kappa shape index (κ3) is 70.2. The lowest BCUT2D eigenvalue weighted by molar-refractivity contribution is -0.870. The van der Waals surface area contributed by atoms with Crippen LogP contribution in [-0.2, 0) is 32.7 Å². The van der Waals surface area contributed by atoms with Crippen molar-refractivity contribution in [3.05, 3.63) is 182 Å². The van der Waals surface area contributed by atoms with E-state index in [9.17, 15) is 19.0 Å². The summed E-state index contributed by atoms with van der Waals surface area (Å²) in [7, 11) is 1.12. The average molecular weight is 1240 g/mol. The molecule has 0 saturated heterocycles. The molecule has 0 amide bonds. The molecule has 0 aromatic rings. The number of unbranched alkanes of at least 4 members (excludes halogenated alkanes) is 17. The Bertz CT molecular complexity index is 2140. The third-order valence-corrected chi connectivity index (χ3v) is 14.9. The highest BCUT2D eigenvalue weighted by atomic mass is 31.2. The Labute approximate surface area is 540 Å². The van der Waals surface area contributed by atoms with Crippen LogP contribution in [0.1, 0.15) is 245 Å². The Morgan fingerprint density at radius 2 is 0.614 bits per heavy atom. The molecule has 496 valence electrons. The first-order valence-corrected chi connectivity index (χ1v) is 36.0. The number of carbonyl (C=O) groups excluding carboxylic acids is 2. The molecule has 0 rings (SSSR count). The van der Waals surface area contributed by atoms with E-state index < -0.39 is 32.5 Å². The van der Waals surface area contributed by atoms with Crippen LogP contribution in [0.3, 0.4) is 0 Å². The van der Waals surface area contributed by atoms with E-state index >= 15 is 0 Å². The zero-order valence-corrected chi connectivity index (χ0v) is 57.2. The number of phosphoric acid groups is 1. The van der Waals surface area contributed by atoms with Crippen LogP contribution < -0.4 is 4.89 Å². The molecule has 0 aliphatic heterocycles. The number of quaternary nitrogens is 1. The molecular weight excluding hydrogens is 1110 g/mol. The number of esters is 2. The lowest BCUT2D eigenvalue weighted by Crippen LogP contribution is -2.37. The van der Waals surface area contributed by atoms with Crippen molar-refractivity contribution in [2.24, 2.45) is 0 Å². The largest absolute Gasteiger partial charge is 0.756 e. The molecule has 0 saturated carbocycles. The van der Waals surface area contributed by atoms with Crippen LogP contribution in [0.15, 0.2) is 182 Å². The summed E-state index contributed by atoms with van der Waals surface area (Å²) in [5.41, 5.74) is 0. The molecule has 0 aromatic heterocycles. The average Bonchev–Trinajstić information content (AvgIpc) is 3.68. The Morgan fingerprint density at radius 3 is 0.920 bits per heavy atom. The number of likely N-dealkylation sites (N-methyl/N-ethyl adjacent to an activating group) is 1. The topological polar surface area (TPSA) is 111 Å². The molecule has 10 heteroatoms. The molecule has 0 radical (unpaired) electrons. The van der Waals surface area contributed by atoms with Crippen molar-refractivity contribution in [3.63, 3.8) is 0 Å². The molecule has 2 atom stereocenters. The maximum absolute atomic E-state index is 12.9. The Morgan fingerprint density at radius 1 is 0.352 bits per heavy atom. The summed E-state index contributed by atoms with van der Waals surface area (Å²) in [5, 5.41) is 0. The number of ether oxygens (including phenoxy) is 2. The van der Waals surface area contributed by atoms with Gasteiger partial charge in [-0.25, -0.2) is 0 Å². The molecule has 0 aliphatic carbocycles. The van der Waals surface area contributed by atoms with E-state index in [1.54, 1.807) is 0 Å². The number of allylic oxidation sites excluding steroid dienone is 30. The van der Waals surface area contributed by atoms with Gasteiger partial charge in [-0.05, 0) is 135 Å². The van der Waals surface area contributed by atoms with Gasteiger partial charge in [0.1, 0.15) is 19.8 Å². The second-order valence-corrected chi connectivity index (χ2v) is 24.8. The van der Waals surface area contributed by atoms with E-state index in [0.29, 0.717) is 23.9 Å². The summed E-state index contributed by atoms with van der Waals surface area (Å²) in [4.78, 5) is 38.0. The van der Waals surface area contributed by atoms with Crippen molar-refractivity contribution in [2.45, 2.75) is 251 Å². The van der Waals surface area contributed by atoms with Gasteiger partial charge in [0.25, 0.3) is 7.82 Å². The summed E-state index contributed by atoms with van der Waals surface area (Å²) in [5.74, 6) is -0.883. The predicted molar refractivity (Wildman–Crippen MR) is 378 cm³/mol. The minimum atomic E-state index is -4.67. The number of carbonyl (C=O) groups is 2. The van der Waals surface area contributed by atoms with Crippen LogP contribution in [0.25, 0.3) is 0 Å². The van der Waals surface area contributed by atoms with Gasteiger partial charge in [-0.3, -0.25) is 14.2 Å². The smallest absolute Gasteiger partial charge is 0.306 e. The van der Waals surface area contributed by atoms with Crippen molar-refractivity contribution in [3.8, 4) is 0 Å². The minimum absolute atomic E-state index is 0.0473. The van der Waals surface area contributed by atoms with Gasteiger partial charge in [0.05, 0.1) is 27.7 Å². The first-order valence-electron chi connectivity index (χ1n) is 34.5. The first-order chi connectivity index (χ1) is 43.0. The quantitative estimate of drug-likeness (QED) is 0.0195. The summed E-state index contributed by atoms with van der Waals surface area (Å²) >= 11 is 0. The van der Waals surface area contributed by atoms with E-state index in [4.69, 9.17) is 18.5 Å². The van der Waals surface area contributed by atoms with Gasteiger partial charge in [0, 0.05) is 12.8 Å². The number of rotatable bonds is 61. The highest BCUT2D eigenvalue weighted by Gasteiger charge is 2.22. The molecule has 9 nitrogen and oxygen atoms in total. The van der Waals surface area contributed by atoms with E-state index in [2.05, 4.69) is 196 Å². The van der Waals surface area contributed by atoms with Gasteiger partial charge in [-0.1, -0.05) is 280 Å². The molecule has 0 aromatic carbocycles. The van der Waals surface area contributed by atoms with E-state index in [0.717, 1.165) is 135 Å². The highest BCUT2D eigenvalue weighted by Crippen LogP contribution is 2.38. The van der Waals surface area contributed by atoms with Crippen molar-refractivity contribution >= 4 is 19.8 Å². The maximum Gasteiger partial charge on any atom is 0.306 e. The van der Waals surface area contributed by atoms with Gasteiger partial charge in [0.15, 0.2) is 6.10 Å². The van der Waals surface area contributed by atoms with Crippen molar-refractivity contribution in [1.29, 1.82) is 0 Å². The fourth-order valence-corrected chi connectivity index (χ4v) is 9.44. The van der Waals surface area contributed by atoms with Gasteiger partial charge in [-0.2, -0.15) is 0 Å². The van der Waals surface area contributed by atoms with Gasteiger partial charge >= 0.3 is 11.9 Å². The SMILES string of the molecule is CC/C=C\C/C=C\C/C=C\C/C=C\C/C=C\C/C=C\C/C=C\C/C=C\C/C=C\C/C=C\C/C=C\CCCCCC(=O)OC(COC(=O)CCCCCCCCCCCCCCCC/C=C\C/C=C\C/C=C\C/C=C\CC)COP(=O)([O-])OCC[N+](C)(C)C. The standard InChI is InChI=1S/C78H126NO8P/c1-6-8-10-12-14-16-18-20-22-24-26-28-30-32-34-35-36-37-38-39-40-41-42-43-45-47-49-51-53-55-57-59-61-63-65-67-69-71-78(81)87-76(75-86-88(82,83)85-73-72-79(3,4)5)74-84-77(80)70-68-66-64-62-60-58-56-54-52-50-48-46-44-33-31-29-27-25-23-21-19-17-15-13-11-9-7-2/h8-11,14-17,20-23,26-29,32,34,36-37,39-40,42-43,47,49,53,55,59,61,76H,6-7,12-13,18-19,24-25,30-31,33,35,38,41,44-46,48,50-52,54,56-58,60,62-75H2,1-5H3/b10-8-,11-9-,16-14-,17-15-,22-20-,23-21-,28-26-,29-27-,34-32-,37-36-,40-39-,43-42-,49-47-,55-53-,61-59-. The molecule has 0 fully saturated rings. The number of nitrogens with zero attached hydrogens (tertiary/aromatic N) is 1. The molecular formula is C78H126NO8P. The van der Waals surface area contributed by atoms with E-state index in [1.165, 1.54) is 70.6 Å². The van der Waals surface area contributed by atoms with Crippen LogP contribution >= 0.6 is 7.82 Å². The Hall–Kier alpha value is -4.89. The molecule has 0 aliphatic rings. The minimum Gasteiger partial charge on any atom is -0.756 e. The van der Waals surface area contributed by atoms with Gasteiger partial charge < -0.3 is 27.9 Å². The van der Waals surface area contributed by atoms with Crippen LogP contribution in [0, 0.1) is 0 Å². The second-order valence-electron chi connectivity index (χ2n) is 23.4. The van der Waals surface area contributed by atoms with Gasteiger partial charge in [-0.15, -0.1) is 0 Å². The summed E-state index contributed by atoms with van der Waals surface area (Å²) < 4.78 is 34.2. The Balaban J connectivity index is 4.21. The van der Waals surface area contributed by atoms with Crippen molar-refractivity contribution < 1.29 is 42.1 Å². The third-order valence-electron chi connectivity index (χ3n) is 13.9. The van der Waals surface area contributed by atoms with E-state index in [1.807, 2.05) is 21.1 Å². The van der Waals surface area contributed by atoms with Crippen molar-refractivity contribution in [1.82, 2.24) is 0 Å². The van der Waals surface area contributed by atoms with Gasteiger partial charge in [0.2, 0.25) is 0 Å². The van der Waals surface area contributed by atoms with Crippen LogP contribution in [0.2, 0.25) is 0 Å². The normalized spacial score (nSPS) is 14.3. The fraction of sp³-hybridized carbons (Fsp3) is 0.590. The summed E-state index contributed by atoms with van der Waals surface area (Å²) in [6.07, 6.45) is 102. The first kappa shape index (κ1) is 83.1. The summed E-state index contributed by atoms with van der Waals surface area (Å²) in [6.45, 7) is 3.96. The highest BCUT2D eigenvalue weighted by molar-refractivity contribution is 7.45. The van der Waals surface area contributed by atoms with Crippen LogP contribution in [-0.4, -0.2) is 70.0 Å². The molecule has 0 N–H and O–H groups in total. The molecule has 2 unspecified atom stereocenters. The molecule has 88 heavy (non-hydrogen) atoms. The number of phosphoric ester groups is 1. The van der Waals surface area contributed by atoms with E-state index in [-0.39, 0.29) is 26.1 Å². The maximum atomic E-state index is 12.9. The Kier molecular flexibility index (Phi) is 62.8. The zero-order chi connectivity index (χ0) is 64.1. The van der Waals surface area contributed by atoms with Crippen LogP contribution in [0.4, 0.5) is 0 Å². The molecule has 0 heterocycles. The lowest BCUT2D eigenvalue weighted by Gasteiger charge is -2.28. The lowest BCUT2D eigenvalue weighted by atomic mass is 10.0.